The van der Waals surface area contributed by atoms with Crippen molar-refractivity contribution in [3.05, 3.63) is 58.6 Å². The third-order valence-electron chi connectivity index (χ3n) is 4.34. The van der Waals surface area contributed by atoms with Crippen molar-refractivity contribution in [2.24, 2.45) is 0 Å². The highest BCUT2D eigenvalue weighted by atomic mass is 32.2. The Morgan fingerprint density at radius 1 is 1.19 bits per heavy atom. The van der Waals surface area contributed by atoms with Crippen molar-refractivity contribution >= 4 is 38.8 Å². The Labute approximate surface area is 156 Å². The second kappa shape index (κ2) is 7.16. The fourth-order valence-electron chi connectivity index (χ4n) is 2.55. The van der Waals surface area contributed by atoms with Crippen molar-refractivity contribution in [2.75, 3.05) is 22.8 Å². The molecule has 2 N–H and O–H groups in total. The van der Waals surface area contributed by atoms with Crippen molar-refractivity contribution < 1.29 is 13.3 Å². The molecular weight excluding hydrogens is 374 g/mol. The van der Waals surface area contributed by atoms with Gasteiger partial charge >= 0.3 is 0 Å². The quantitative estimate of drug-likeness (QED) is 0.524. The largest absolute Gasteiger partial charge is 0.378 e. The maximum absolute atomic E-state index is 12.5. The maximum Gasteiger partial charge on any atom is 0.293 e. The van der Waals surface area contributed by atoms with Gasteiger partial charge in [-0.2, -0.15) is 11.8 Å². The number of benzene rings is 2. The molecular formula is C17H19N3O4S2. The number of anilines is 2. The smallest absolute Gasteiger partial charge is 0.293 e. The van der Waals surface area contributed by atoms with Crippen LogP contribution in [-0.4, -0.2) is 30.9 Å². The molecule has 0 heterocycles. The Morgan fingerprint density at radius 3 is 2.46 bits per heavy atom. The zero-order chi connectivity index (χ0) is 18.8. The minimum Gasteiger partial charge on any atom is -0.378 e. The monoisotopic (exact) mass is 393 g/mol. The highest BCUT2D eigenvalue weighted by molar-refractivity contribution is 8.00. The van der Waals surface area contributed by atoms with Gasteiger partial charge in [-0.15, -0.1) is 0 Å². The first-order chi connectivity index (χ1) is 12.4. The molecule has 0 aromatic heterocycles. The average Bonchev–Trinajstić information content (AvgIpc) is 3.41. The average molecular weight is 393 g/mol. The third kappa shape index (κ3) is 4.10. The molecule has 26 heavy (non-hydrogen) atoms. The molecule has 1 fully saturated rings. The molecule has 0 radical (unpaired) electrons. The lowest BCUT2D eigenvalue weighted by molar-refractivity contribution is -0.384. The van der Waals surface area contributed by atoms with Crippen molar-refractivity contribution in [2.45, 2.75) is 22.5 Å². The van der Waals surface area contributed by atoms with Crippen LogP contribution in [0.1, 0.15) is 12.8 Å². The second-order valence-electron chi connectivity index (χ2n) is 6.15. The highest BCUT2D eigenvalue weighted by Gasteiger charge is 2.41. The molecule has 0 spiro atoms. The van der Waals surface area contributed by atoms with Gasteiger partial charge in [-0.05, 0) is 43.4 Å². The Kier molecular flexibility index (Phi) is 5.10. The third-order valence-corrected chi connectivity index (χ3v) is 7.14. The van der Waals surface area contributed by atoms with Crippen LogP contribution in [0, 0.1) is 10.1 Å². The van der Waals surface area contributed by atoms with Gasteiger partial charge in [0.1, 0.15) is 5.69 Å². The normalized spacial score (nSPS) is 15.3. The van der Waals surface area contributed by atoms with E-state index in [4.69, 9.17) is 0 Å². The Morgan fingerprint density at radius 2 is 1.88 bits per heavy atom. The number of nitro groups is 1. The number of rotatable bonds is 8. The van der Waals surface area contributed by atoms with Gasteiger partial charge in [0, 0.05) is 23.0 Å². The van der Waals surface area contributed by atoms with E-state index >= 15 is 0 Å². The summed E-state index contributed by atoms with van der Waals surface area (Å²) in [6.07, 6.45) is 4.17. The van der Waals surface area contributed by atoms with E-state index in [1.54, 1.807) is 42.1 Å². The van der Waals surface area contributed by atoms with Crippen LogP contribution in [0.15, 0.2) is 53.4 Å². The fourth-order valence-corrected chi connectivity index (χ4v) is 4.35. The first kappa shape index (κ1) is 18.5. The highest BCUT2D eigenvalue weighted by Crippen LogP contribution is 2.47. The molecule has 1 aliphatic rings. The van der Waals surface area contributed by atoms with Crippen LogP contribution in [-0.2, 0) is 10.0 Å². The van der Waals surface area contributed by atoms with E-state index in [-0.39, 0.29) is 15.3 Å². The van der Waals surface area contributed by atoms with E-state index < -0.39 is 14.9 Å². The molecule has 9 heteroatoms. The van der Waals surface area contributed by atoms with Crippen molar-refractivity contribution in [3.63, 3.8) is 0 Å². The van der Waals surface area contributed by atoms with E-state index in [1.807, 2.05) is 6.26 Å². The number of hydrogen-bond donors (Lipinski definition) is 2. The standard InChI is InChI=1S/C17H19N3O4S2/c1-25-17(9-10-17)12-18-15-8-7-14(11-16(15)20(21)22)26(23,24)19-13-5-3-2-4-6-13/h2-8,11,18-19H,9-10,12H2,1H3. The van der Waals surface area contributed by atoms with Gasteiger partial charge in [-0.1, -0.05) is 18.2 Å². The predicted octanol–water partition coefficient (Wildman–Crippen LogP) is 3.70. The molecule has 0 bridgehead atoms. The number of nitrogens with zero attached hydrogens (tertiary/aromatic N) is 1. The minimum absolute atomic E-state index is 0.132. The predicted molar refractivity (Wildman–Crippen MR) is 104 cm³/mol. The van der Waals surface area contributed by atoms with Crippen LogP contribution in [0.4, 0.5) is 17.1 Å². The van der Waals surface area contributed by atoms with Crippen LogP contribution < -0.4 is 10.0 Å². The maximum atomic E-state index is 12.5. The summed E-state index contributed by atoms with van der Waals surface area (Å²) in [7, 11) is -3.91. The summed E-state index contributed by atoms with van der Waals surface area (Å²) in [5.41, 5.74) is 0.472. The number of para-hydroxylation sites is 1. The lowest BCUT2D eigenvalue weighted by Crippen LogP contribution is -2.18. The summed E-state index contributed by atoms with van der Waals surface area (Å²) < 4.78 is 27.6. The molecule has 0 saturated heterocycles. The van der Waals surface area contributed by atoms with Crippen molar-refractivity contribution in [3.8, 4) is 0 Å². The van der Waals surface area contributed by atoms with Gasteiger partial charge in [-0.25, -0.2) is 8.42 Å². The van der Waals surface area contributed by atoms with E-state index in [9.17, 15) is 18.5 Å². The summed E-state index contributed by atoms with van der Waals surface area (Å²) in [5, 5.41) is 14.5. The number of nitro benzene ring substituents is 1. The summed E-state index contributed by atoms with van der Waals surface area (Å²) >= 11 is 1.74. The molecule has 2 aromatic rings. The summed E-state index contributed by atoms with van der Waals surface area (Å²) in [5.74, 6) is 0. The second-order valence-corrected chi connectivity index (χ2v) is 9.10. The van der Waals surface area contributed by atoms with Crippen LogP contribution in [0.25, 0.3) is 0 Å². The fraction of sp³-hybridized carbons (Fsp3) is 0.294. The van der Waals surface area contributed by atoms with Crippen LogP contribution in [0.5, 0.6) is 0 Å². The molecule has 0 aliphatic heterocycles. The minimum atomic E-state index is -3.91. The Balaban J connectivity index is 1.84. The molecule has 7 nitrogen and oxygen atoms in total. The Hall–Kier alpha value is -2.26. The first-order valence-corrected chi connectivity index (χ1v) is 10.7. The van der Waals surface area contributed by atoms with Crippen LogP contribution in [0.2, 0.25) is 0 Å². The Bertz CT molecular complexity index is 913. The van der Waals surface area contributed by atoms with Gasteiger partial charge in [0.15, 0.2) is 0 Å². The number of hydrogen-bond acceptors (Lipinski definition) is 6. The molecule has 0 amide bonds. The van der Waals surface area contributed by atoms with E-state index in [2.05, 4.69) is 10.0 Å². The summed E-state index contributed by atoms with van der Waals surface area (Å²) in [4.78, 5) is 10.7. The van der Waals surface area contributed by atoms with Crippen molar-refractivity contribution in [1.29, 1.82) is 0 Å². The number of nitrogens with one attached hydrogen (secondary N) is 2. The molecule has 1 saturated carbocycles. The van der Waals surface area contributed by atoms with Crippen molar-refractivity contribution in [1.82, 2.24) is 0 Å². The molecule has 3 rings (SSSR count). The molecule has 138 valence electrons. The van der Waals surface area contributed by atoms with E-state index in [1.165, 1.54) is 12.1 Å². The molecule has 0 atom stereocenters. The summed E-state index contributed by atoms with van der Waals surface area (Å²) in [6, 6.07) is 12.3. The SMILES string of the molecule is CSC1(CNc2ccc(S(=O)(=O)Nc3ccccc3)cc2[N+](=O)[O-])CC1. The lowest BCUT2D eigenvalue weighted by Gasteiger charge is -2.15. The topological polar surface area (TPSA) is 101 Å². The first-order valence-electron chi connectivity index (χ1n) is 8.01. The molecule has 1 aliphatic carbocycles. The van der Waals surface area contributed by atoms with Crippen LogP contribution >= 0.6 is 11.8 Å². The molecule has 2 aromatic carbocycles. The zero-order valence-electron chi connectivity index (χ0n) is 14.1. The lowest BCUT2D eigenvalue weighted by atomic mass is 10.2. The number of sulfonamides is 1. The van der Waals surface area contributed by atoms with Gasteiger partial charge in [-0.3, -0.25) is 14.8 Å². The number of thioether (sulfide) groups is 1. The molecule has 0 unspecified atom stereocenters. The summed E-state index contributed by atoms with van der Waals surface area (Å²) in [6.45, 7) is 0.614. The van der Waals surface area contributed by atoms with Gasteiger partial charge < -0.3 is 5.32 Å². The zero-order valence-corrected chi connectivity index (χ0v) is 15.8. The van der Waals surface area contributed by atoms with Gasteiger partial charge in [0.05, 0.1) is 9.82 Å². The van der Waals surface area contributed by atoms with Crippen LogP contribution in [0.3, 0.4) is 0 Å². The van der Waals surface area contributed by atoms with E-state index in [0.29, 0.717) is 17.9 Å². The van der Waals surface area contributed by atoms with E-state index in [0.717, 1.165) is 18.9 Å². The van der Waals surface area contributed by atoms with Gasteiger partial charge in [0.2, 0.25) is 0 Å². The van der Waals surface area contributed by atoms with Gasteiger partial charge in [0.25, 0.3) is 15.7 Å².